The largest absolute Gasteiger partial charge is 0.497 e. The molecule has 0 radical (unpaired) electrons. The lowest BCUT2D eigenvalue weighted by Gasteiger charge is -1.96. The second kappa shape index (κ2) is 4.45. The molecule has 0 spiro atoms. The molecule has 0 fully saturated rings. The Kier molecular flexibility index (Phi) is 3.25. The zero-order valence-corrected chi connectivity index (χ0v) is 7.54. The zero-order valence-electron chi connectivity index (χ0n) is 7.54. The van der Waals surface area contributed by atoms with E-state index in [0.717, 1.165) is 16.7 Å². The summed E-state index contributed by atoms with van der Waals surface area (Å²) in [5.41, 5.74) is 1.00. The molecule has 1 aromatic heterocycles. The van der Waals surface area contributed by atoms with Gasteiger partial charge in [-0.25, -0.2) is 0 Å². The smallest absolute Gasteiger partial charge is 0.121 e. The Balaban J connectivity index is 0.000000396. The quantitative estimate of drug-likeness (QED) is 0.733. The number of aromatic nitrogens is 2. The van der Waals surface area contributed by atoms with Crippen LogP contribution in [0.25, 0.3) is 10.9 Å². The summed E-state index contributed by atoms with van der Waals surface area (Å²) in [6.07, 6.45) is 1.79. The molecule has 1 heterocycles. The minimum absolute atomic E-state index is 0.500. The van der Waals surface area contributed by atoms with E-state index in [1.807, 2.05) is 18.2 Å². The number of hydrogen-bond acceptors (Lipinski definition) is 2. The Morgan fingerprint density at radius 2 is 2.15 bits per heavy atom. The minimum atomic E-state index is 0.500. The highest BCUT2D eigenvalue weighted by Gasteiger charge is 1.95. The molecule has 0 amide bonds. The minimum Gasteiger partial charge on any atom is -0.497 e. The summed E-state index contributed by atoms with van der Waals surface area (Å²) >= 11 is 0. The lowest BCUT2D eigenvalue weighted by atomic mass is 10.2. The van der Waals surface area contributed by atoms with Gasteiger partial charge in [-0.05, 0) is 12.1 Å². The van der Waals surface area contributed by atoms with Crippen LogP contribution in [0.1, 0.15) is 0 Å². The number of benzene rings is 1. The van der Waals surface area contributed by atoms with E-state index in [9.17, 15) is 4.39 Å². The van der Waals surface area contributed by atoms with Crippen molar-refractivity contribution in [3.05, 3.63) is 24.4 Å². The van der Waals surface area contributed by atoms with Gasteiger partial charge in [0.1, 0.15) is 5.75 Å². The third-order valence-corrected chi connectivity index (χ3v) is 1.65. The van der Waals surface area contributed by atoms with Gasteiger partial charge in [-0.2, -0.15) is 5.10 Å². The van der Waals surface area contributed by atoms with E-state index in [1.54, 1.807) is 13.3 Å². The molecule has 1 aromatic carbocycles. The molecule has 0 unspecified atom stereocenters. The van der Waals surface area contributed by atoms with Crippen molar-refractivity contribution in [1.82, 2.24) is 10.2 Å². The molecule has 3 nitrogen and oxygen atoms in total. The van der Waals surface area contributed by atoms with Crippen molar-refractivity contribution < 1.29 is 9.13 Å². The van der Waals surface area contributed by atoms with Crippen LogP contribution in [0.15, 0.2) is 24.4 Å². The number of methoxy groups -OCH3 is 1. The van der Waals surface area contributed by atoms with Crippen LogP contribution < -0.4 is 4.74 Å². The molecule has 2 rings (SSSR count). The summed E-state index contributed by atoms with van der Waals surface area (Å²) in [5, 5.41) is 7.86. The Hall–Kier alpha value is -1.58. The van der Waals surface area contributed by atoms with Crippen LogP contribution in [-0.2, 0) is 0 Å². The molecular weight excluding hydrogens is 171 g/mol. The number of H-pyrrole nitrogens is 1. The van der Waals surface area contributed by atoms with Gasteiger partial charge in [0.25, 0.3) is 0 Å². The van der Waals surface area contributed by atoms with Crippen molar-refractivity contribution in [3.8, 4) is 5.75 Å². The van der Waals surface area contributed by atoms with Crippen LogP contribution in [0.2, 0.25) is 0 Å². The lowest BCUT2D eigenvalue weighted by Crippen LogP contribution is -1.80. The van der Waals surface area contributed by atoms with Gasteiger partial charge in [0.05, 0.1) is 26.0 Å². The van der Waals surface area contributed by atoms with Gasteiger partial charge in [0.15, 0.2) is 0 Å². The maximum Gasteiger partial charge on any atom is 0.121 e. The SMILES string of the molecule is CF.COc1ccc2cn[nH]c2c1. The van der Waals surface area contributed by atoms with Crippen molar-refractivity contribution in [2.45, 2.75) is 0 Å². The van der Waals surface area contributed by atoms with Crippen molar-refractivity contribution >= 4 is 10.9 Å². The number of fused-ring (bicyclic) bond motifs is 1. The summed E-state index contributed by atoms with van der Waals surface area (Å²) in [6, 6.07) is 5.80. The van der Waals surface area contributed by atoms with Gasteiger partial charge in [0.2, 0.25) is 0 Å². The summed E-state index contributed by atoms with van der Waals surface area (Å²) in [5.74, 6) is 0.849. The third-order valence-electron chi connectivity index (χ3n) is 1.65. The van der Waals surface area contributed by atoms with Gasteiger partial charge in [-0.15, -0.1) is 0 Å². The van der Waals surface area contributed by atoms with Gasteiger partial charge < -0.3 is 4.74 Å². The Morgan fingerprint density at radius 3 is 2.85 bits per heavy atom. The number of alkyl halides is 1. The normalized spacial score (nSPS) is 9.15. The number of aromatic amines is 1. The second-order valence-corrected chi connectivity index (χ2v) is 2.32. The highest BCUT2D eigenvalue weighted by Crippen LogP contribution is 2.17. The first kappa shape index (κ1) is 9.51. The van der Waals surface area contributed by atoms with Gasteiger partial charge in [0, 0.05) is 11.5 Å². The average molecular weight is 182 g/mol. The average Bonchev–Trinajstić information content (AvgIpc) is 2.67. The topological polar surface area (TPSA) is 37.9 Å². The number of nitrogens with zero attached hydrogens (tertiary/aromatic N) is 1. The Labute approximate surface area is 75.5 Å². The highest BCUT2D eigenvalue weighted by atomic mass is 19.1. The van der Waals surface area contributed by atoms with Gasteiger partial charge in [-0.3, -0.25) is 9.49 Å². The van der Waals surface area contributed by atoms with Gasteiger partial charge in [-0.1, -0.05) is 0 Å². The predicted octanol–water partition coefficient (Wildman–Crippen LogP) is 2.16. The van der Waals surface area contributed by atoms with Gasteiger partial charge >= 0.3 is 0 Å². The van der Waals surface area contributed by atoms with E-state index in [2.05, 4.69) is 10.2 Å². The van der Waals surface area contributed by atoms with Crippen LogP contribution in [-0.4, -0.2) is 24.5 Å². The van der Waals surface area contributed by atoms with E-state index in [-0.39, 0.29) is 0 Å². The molecule has 4 heteroatoms. The summed E-state index contributed by atoms with van der Waals surface area (Å²) in [6.45, 7) is 0. The number of halogens is 1. The maximum atomic E-state index is 9.50. The molecule has 0 aliphatic heterocycles. The molecule has 0 saturated carbocycles. The van der Waals surface area contributed by atoms with Crippen LogP contribution >= 0.6 is 0 Å². The lowest BCUT2D eigenvalue weighted by molar-refractivity contribution is 0.415. The van der Waals surface area contributed by atoms with Crippen LogP contribution in [0, 0.1) is 0 Å². The molecule has 70 valence electrons. The van der Waals surface area contributed by atoms with Crippen molar-refractivity contribution in [2.75, 3.05) is 14.3 Å². The number of hydrogen-bond donors (Lipinski definition) is 1. The van der Waals surface area contributed by atoms with Crippen molar-refractivity contribution in [1.29, 1.82) is 0 Å². The third kappa shape index (κ3) is 1.96. The molecule has 0 aliphatic carbocycles. The maximum absolute atomic E-state index is 9.50. The van der Waals surface area contributed by atoms with Crippen LogP contribution in [0.3, 0.4) is 0 Å². The zero-order chi connectivity index (χ0) is 9.68. The van der Waals surface area contributed by atoms with E-state index in [0.29, 0.717) is 7.18 Å². The molecule has 13 heavy (non-hydrogen) atoms. The highest BCUT2D eigenvalue weighted by molar-refractivity contribution is 5.79. The molecular formula is C9H11FN2O. The predicted molar refractivity (Wildman–Crippen MR) is 49.7 cm³/mol. The molecule has 0 bridgehead atoms. The fraction of sp³-hybridized carbons (Fsp3) is 0.222. The van der Waals surface area contributed by atoms with Crippen LogP contribution in [0.4, 0.5) is 4.39 Å². The first-order valence-electron chi connectivity index (χ1n) is 3.75. The summed E-state index contributed by atoms with van der Waals surface area (Å²) < 4.78 is 14.5. The fourth-order valence-corrected chi connectivity index (χ4v) is 1.04. The number of nitrogens with one attached hydrogen (secondary N) is 1. The molecule has 0 aliphatic rings. The van der Waals surface area contributed by atoms with E-state index >= 15 is 0 Å². The van der Waals surface area contributed by atoms with E-state index in [4.69, 9.17) is 4.74 Å². The van der Waals surface area contributed by atoms with Crippen molar-refractivity contribution in [3.63, 3.8) is 0 Å². The first-order valence-corrected chi connectivity index (χ1v) is 3.75. The molecule has 1 N–H and O–H groups in total. The molecule has 2 aromatic rings. The van der Waals surface area contributed by atoms with E-state index < -0.39 is 0 Å². The first-order chi connectivity index (χ1) is 6.40. The fourth-order valence-electron chi connectivity index (χ4n) is 1.04. The molecule has 0 saturated heterocycles. The monoisotopic (exact) mass is 182 g/mol. The number of ether oxygens (including phenoxy) is 1. The van der Waals surface area contributed by atoms with Crippen molar-refractivity contribution in [2.24, 2.45) is 0 Å². The standard InChI is InChI=1S/C8H8N2O.CH3F/c1-11-7-3-2-6-5-9-10-8(6)4-7;1-2/h2-5H,1H3,(H,9,10);1H3. The summed E-state index contributed by atoms with van der Waals surface area (Å²) in [4.78, 5) is 0. The van der Waals surface area contributed by atoms with E-state index in [1.165, 1.54) is 0 Å². The summed E-state index contributed by atoms with van der Waals surface area (Å²) in [7, 11) is 2.15. The Morgan fingerprint density at radius 1 is 1.38 bits per heavy atom. The second-order valence-electron chi connectivity index (χ2n) is 2.32. The Bertz CT molecular complexity index is 372. The van der Waals surface area contributed by atoms with Crippen LogP contribution in [0.5, 0.6) is 5.75 Å². The number of rotatable bonds is 1. The molecule has 0 atom stereocenters.